The lowest BCUT2D eigenvalue weighted by atomic mass is 10.2. The Morgan fingerprint density at radius 2 is 0.941 bits per heavy atom. The van der Waals surface area contributed by atoms with Crippen LogP contribution in [0, 0.1) is 0 Å². The van der Waals surface area contributed by atoms with E-state index in [1.54, 1.807) is 0 Å². The molecule has 0 heterocycles. The molecule has 0 aliphatic heterocycles. The second-order valence-electron chi connectivity index (χ2n) is 4.22. The number of unbranched alkanes of at least 4 members (excludes halogenated alkanes) is 7. The molecule has 0 saturated carbocycles. The molecule has 0 saturated heterocycles. The van der Waals surface area contributed by atoms with Crippen molar-refractivity contribution in [2.24, 2.45) is 0 Å². The molecule has 17 heavy (non-hydrogen) atoms. The van der Waals surface area contributed by atoms with Crippen molar-refractivity contribution < 1.29 is 0 Å². The first-order valence-corrected chi connectivity index (χ1v) is 7.97. The fraction of sp³-hybridized carbons (Fsp3) is 1.00. The summed E-state index contributed by atoms with van der Waals surface area (Å²) in [5.74, 6) is 0. The number of nitrogens with one attached hydrogen (secondary N) is 1. The Labute approximate surface area is 112 Å². The maximum atomic E-state index is 3.13. The molecule has 1 heteroatoms. The molecule has 0 aromatic rings. The van der Waals surface area contributed by atoms with Crippen molar-refractivity contribution >= 4 is 0 Å². The third-order valence-electron chi connectivity index (χ3n) is 2.49. The summed E-state index contributed by atoms with van der Waals surface area (Å²) >= 11 is 0. The summed E-state index contributed by atoms with van der Waals surface area (Å²) in [4.78, 5) is 0. The largest absolute Gasteiger partial charge is 0.320 e. The highest BCUT2D eigenvalue weighted by molar-refractivity contribution is 4.41. The highest BCUT2D eigenvalue weighted by Crippen LogP contribution is 2.00. The molecule has 108 valence electrons. The summed E-state index contributed by atoms with van der Waals surface area (Å²) in [5.41, 5.74) is 0. The lowest BCUT2D eigenvalue weighted by Gasteiger charge is -1.95. The van der Waals surface area contributed by atoms with Crippen LogP contribution in [0.25, 0.3) is 0 Å². The van der Waals surface area contributed by atoms with E-state index in [2.05, 4.69) is 26.1 Å². The molecule has 0 aliphatic carbocycles. The minimum Gasteiger partial charge on any atom is -0.320 e. The SMILES string of the molecule is CC.CCCCCCC.CCCCCCNC. The summed E-state index contributed by atoms with van der Waals surface area (Å²) in [6.07, 6.45) is 12.5. The normalized spacial score (nSPS) is 8.82. The molecule has 1 N–H and O–H groups in total. The van der Waals surface area contributed by atoms with Crippen LogP contribution in [-0.4, -0.2) is 13.6 Å². The molecule has 0 amide bonds. The van der Waals surface area contributed by atoms with Crippen molar-refractivity contribution in [2.75, 3.05) is 13.6 Å². The van der Waals surface area contributed by atoms with Gasteiger partial charge in [0.25, 0.3) is 0 Å². The molecule has 0 atom stereocenters. The average Bonchev–Trinajstić information content (AvgIpc) is 2.39. The van der Waals surface area contributed by atoms with Gasteiger partial charge in [-0.1, -0.05) is 86.0 Å². The molecule has 0 aromatic heterocycles. The van der Waals surface area contributed by atoms with Crippen molar-refractivity contribution in [3.63, 3.8) is 0 Å². The molecule has 0 unspecified atom stereocenters. The van der Waals surface area contributed by atoms with Crippen LogP contribution in [0.15, 0.2) is 0 Å². The van der Waals surface area contributed by atoms with E-state index in [9.17, 15) is 0 Å². The molecule has 0 radical (unpaired) electrons. The van der Waals surface area contributed by atoms with Crippen LogP contribution in [0.3, 0.4) is 0 Å². The van der Waals surface area contributed by atoms with E-state index in [1.807, 2.05) is 20.9 Å². The zero-order chi connectivity index (χ0) is 13.8. The summed E-state index contributed by atoms with van der Waals surface area (Å²) in [6, 6.07) is 0. The number of rotatable bonds is 9. The van der Waals surface area contributed by atoms with Crippen LogP contribution in [-0.2, 0) is 0 Å². The minimum absolute atomic E-state index is 1.18. The van der Waals surface area contributed by atoms with Gasteiger partial charge in [-0.2, -0.15) is 0 Å². The van der Waals surface area contributed by atoms with E-state index in [0.717, 1.165) is 0 Å². The monoisotopic (exact) mass is 245 g/mol. The number of hydrogen-bond donors (Lipinski definition) is 1. The van der Waals surface area contributed by atoms with Gasteiger partial charge in [0.1, 0.15) is 0 Å². The lowest BCUT2D eigenvalue weighted by molar-refractivity contribution is 0.634. The topological polar surface area (TPSA) is 12.0 Å². The smallest absolute Gasteiger partial charge is 0.00519 e. The van der Waals surface area contributed by atoms with E-state index in [1.165, 1.54) is 64.3 Å². The fourth-order valence-electron chi connectivity index (χ4n) is 1.41. The zero-order valence-electron chi connectivity index (χ0n) is 13.6. The molecule has 0 bridgehead atoms. The summed E-state index contributed by atoms with van der Waals surface area (Å²) in [6.45, 7) is 11.9. The van der Waals surface area contributed by atoms with Crippen LogP contribution >= 0.6 is 0 Å². The molecular formula is C16H39N. The molecule has 0 rings (SSSR count). The predicted octanol–water partition coefficient (Wildman–Crippen LogP) is 5.79. The molecule has 0 spiro atoms. The van der Waals surface area contributed by atoms with E-state index >= 15 is 0 Å². The van der Waals surface area contributed by atoms with E-state index in [-0.39, 0.29) is 0 Å². The quantitative estimate of drug-likeness (QED) is 0.507. The van der Waals surface area contributed by atoms with Gasteiger partial charge in [0, 0.05) is 0 Å². The standard InChI is InChI=1S/C7H17N.C7H16.C2H6/c1-3-4-5-6-7-8-2;1-3-5-7-6-4-2;1-2/h8H,3-7H2,1-2H3;3-7H2,1-2H3;1-2H3. The van der Waals surface area contributed by atoms with Gasteiger partial charge in [-0.25, -0.2) is 0 Å². The Morgan fingerprint density at radius 1 is 0.588 bits per heavy atom. The first kappa shape index (κ1) is 22.2. The highest BCUT2D eigenvalue weighted by atomic mass is 14.8. The molecule has 0 aliphatic rings. The summed E-state index contributed by atoms with van der Waals surface area (Å²) in [5, 5.41) is 3.13. The van der Waals surface area contributed by atoms with Gasteiger partial charge in [-0.05, 0) is 20.0 Å². The fourth-order valence-corrected chi connectivity index (χ4v) is 1.41. The van der Waals surface area contributed by atoms with Crippen molar-refractivity contribution in [3.8, 4) is 0 Å². The second kappa shape index (κ2) is 29.7. The first-order valence-electron chi connectivity index (χ1n) is 7.97. The molecule has 0 aromatic carbocycles. The van der Waals surface area contributed by atoms with Crippen molar-refractivity contribution in [3.05, 3.63) is 0 Å². The predicted molar refractivity (Wildman–Crippen MR) is 83.8 cm³/mol. The van der Waals surface area contributed by atoms with Gasteiger partial charge < -0.3 is 5.32 Å². The van der Waals surface area contributed by atoms with Crippen molar-refractivity contribution in [1.82, 2.24) is 5.32 Å². The van der Waals surface area contributed by atoms with E-state index in [0.29, 0.717) is 0 Å². The summed E-state index contributed by atoms with van der Waals surface area (Å²) < 4.78 is 0. The maximum Gasteiger partial charge on any atom is -0.00519 e. The van der Waals surface area contributed by atoms with Crippen LogP contribution in [0.5, 0.6) is 0 Å². The van der Waals surface area contributed by atoms with Gasteiger partial charge in [0.05, 0.1) is 0 Å². The van der Waals surface area contributed by atoms with Crippen LogP contribution in [0.1, 0.15) is 92.4 Å². The number of hydrogen-bond acceptors (Lipinski definition) is 1. The molecule has 0 fully saturated rings. The second-order valence-corrected chi connectivity index (χ2v) is 4.22. The molecular weight excluding hydrogens is 206 g/mol. The van der Waals surface area contributed by atoms with Gasteiger partial charge in [0.15, 0.2) is 0 Å². The van der Waals surface area contributed by atoms with E-state index in [4.69, 9.17) is 0 Å². The Bertz CT molecular complexity index is 71.6. The van der Waals surface area contributed by atoms with Crippen molar-refractivity contribution in [2.45, 2.75) is 92.4 Å². The van der Waals surface area contributed by atoms with Gasteiger partial charge in [0.2, 0.25) is 0 Å². The minimum atomic E-state index is 1.18. The third-order valence-corrected chi connectivity index (χ3v) is 2.49. The Kier molecular flexibility index (Phi) is 38.8. The zero-order valence-corrected chi connectivity index (χ0v) is 13.6. The van der Waals surface area contributed by atoms with Crippen LogP contribution < -0.4 is 5.32 Å². The maximum absolute atomic E-state index is 3.13. The Morgan fingerprint density at radius 3 is 1.24 bits per heavy atom. The summed E-state index contributed by atoms with van der Waals surface area (Å²) in [7, 11) is 2.01. The van der Waals surface area contributed by atoms with Gasteiger partial charge in [-0.3, -0.25) is 0 Å². The lowest BCUT2D eigenvalue weighted by Crippen LogP contribution is -2.06. The Hall–Kier alpha value is -0.0400. The van der Waals surface area contributed by atoms with Crippen LogP contribution in [0.2, 0.25) is 0 Å². The Balaban J connectivity index is -0.000000202. The van der Waals surface area contributed by atoms with Gasteiger partial charge >= 0.3 is 0 Å². The molecule has 1 nitrogen and oxygen atoms in total. The third kappa shape index (κ3) is 38.7. The average molecular weight is 245 g/mol. The van der Waals surface area contributed by atoms with Crippen LogP contribution in [0.4, 0.5) is 0 Å². The van der Waals surface area contributed by atoms with E-state index < -0.39 is 0 Å². The van der Waals surface area contributed by atoms with Crippen molar-refractivity contribution in [1.29, 1.82) is 0 Å². The first-order chi connectivity index (χ1) is 8.33. The van der Waals surface area contributed by atoms with Gasteiger partial charge in [-0.15, -0.1) is 0 Å². The highest BCUT2D eigenvalue weighted by Gasteiger charge is 1.82.